The molecule has 10 atom stereocenters. The van der Waals surface area contributed by atoms with Gasteiger partial charge in [0.15, 0.2) is 23.0 Å². The number of benzene rings is 2. The fraction of sp³-hybridized carbons (Fsp3) is 0.644. The van der Waals surface area contributed by atoms with Crippen LogP contribution >= 0.6 is 21.6 Å². The minimum absolute atomic E-state index is 0.0500. The predicted octanol–water partition coefficient (Wildman–Crippen LogP) is 6.30. The number of hydrogen-bond acceptors (Lipinski definition) is 13. The van der Waals surface area contributed by atoms with Crippen LogP contribution in [0.2, 0.25) is 0 Å². The lowest BCUT2D eigenvalue weighted by molar-refractivity contribution is -0.0808. The maximum absolute atomic E-state index is 11.7. The summed E-state index contributed by atoms with van der Waals surface area (Å²) >= 11 is 0. The third-order valence-electron chi connectivity index (χ3n) is 12.6. The molecule has 58 heavy (non-hydrogen) atoms. The summed E-state index contributed by atoms with van der Waals surface area (Å²) < 4.78 is 23.3. The van der Waals surface area contributed by atoms with Gasteiger partial charge in [-0.3, -0.25) is 0 Å². The van der Waals surface area contributed by atoms with E-state index in [-0.39, 0.29) is 65.0 Å². The van der Waals surface area contributed by atoms with Crippen molar-refractivity contribution in [3.63, 3.8) is 0 Å². The van der Waals surface area contributed by atoms with Crippen LogP contribution in [0.25, 0.3) is 0 Å². The number of rotatable bonds is 10. The lowest BCUT2D eigenvalue weighted by atomic mass is 9.59. The van der Waals surface area contributed by atoms with Gasteiger partial charge < -0.3 is 54.9 Å². The average molecular weight is 842 g/mol. The van der Waals surface area contributed by atoms with Crippen LogP contribution in [0, 0.1) is 40.9 Å². The standard InChI is InChI=1S/C45H63NO10S2/c1-28-7-6-14-45(24-28)13-4-5-15-46-25-31-9-11-33(21-36(31)45)56-40-20-30-8-10-32(55-27-48)22-37(49)35(17-29-18-41(53-2)44(52)42(19-29)54-3)39(51)26-57-58-43(12-16-47)34(30)23-38(40)50/h6,14,18-20,23,28,31-33,35-37,39,43,46-52H,5,7-12,15-17,21-22,24-27H2,1-3H3. The topological polar surface area (TPSA) is 170 Å². The number of phenolic OH excluding ortho intramolecular Hbond substituents is 2. The van der Waals surface area contributed by atoms with E-state index in [9.17, 15) is 30.6 Å². The van der Waals surface area contributed by atoms with E-state index in [4.69, 9.17) is 18.9 Å². The van der Waals surface area contributed by atoms with Crippen molar-refractivity contribution in [2.45, 2.75) is 107 Å². The number of ether oxygens (including phenoxy) is 4. The van der Waals surface area contributed by atoms with Crippen molar-refractivity contribution in [1.29, 1.82) is 0 Å². The first kappa shape index (κ1) is 44.7. The molecule has 10 unspecified atom stereocenters. The Balaban J connectivity index is 1.26. The van der Waals surface area contributed by atoms with Crippen molar-refractivity contribution < 1.29 is 49.6 Å². The van der Waals surface area contributed by atoms with Gasteiger partial charge in [-0.15, -0.1) is 5.92 Å². The van der Waals surface area contributed by atoms with Crippen molar-refractivity contribution in [2.24, 2.45) is 29.1 Å². The van der Waals surface area contributed by atoms with E-state index in [0.29, 0.717) is 48.3 Å². The van der Waals surface area contributed by atoms with Crippen molar-refractivity contribution in [3.05, 3.63) is 53.1 Å². The highest BCUT2D eigenvalue weighted by Gasteiger charge is 2.46. The lowest BCUT2D eigenvalue weighted by Crippen LogP contribution is -2.45. The second-order valence-electron chi connectivity index (χ2n) is 16.6. The van der Waals surface area contributed by atoms with Gasteiger partial charge in [0.05, 0.1) is 44.1 Å². The van der Waals surface area contributed by atoms with Gasteiger partial charge >= 0.3 is 0 Å². The first-order valence-corrected chi connectivity index (χ1v) is 23.3. The summed E-state index contributed by atoms with van der Waals surface area (Å²) in [6.07, 6.45) is 9.54. The number of allylic oxidation sites excluding steroid dienone is 2. The number of phenols is 2. The largest absolute Gasteiger partial charge is 0.504 e. The summed E-state index contributed by atoms with van der Waals surface area (Å²) in [7, 11) is 5.87. The Kier molecular flexibility index (Phi) is 16.3. The Hall–Kier alpha value is -2.80. The highest BCUT2D eigenvalue weighted by atomic mass is 33.1. The van der Waals surface area contributed by atoms with Gasteiger partial charge in [0.1, 0.15) is 6.79 Å². The SMILES string of the molecule is COc1cc(CC2C(O)CSSC(CCO)c3cc(O)c(OC4CCC5CNCCC#CC6(C=CCC(C)C6)C5C4)cc3CCC(OCO)CC2O)cc(OC)c1O. The molecule has 11 nitrogen and oxygen atoms in total. The molecule has 0 radical (unpaired) electrons. The number of fused-ring (bicyclic) bond motifs is 3. The van der Waals surface area contributed by atoms with Crippen LogP contribution in [0.3, 0.4) is 0 Å². The lowest BCUT2D eigenvalue weighted by Gasteiger charge is -2.46. The van der Waals surface area contributed by atoms with Crippen LogP contribution in [0.15, 0.2) is 36.4 Å². The number of aliphatic hydroxyl groups excluding tert-OH is 4. The number of nitrogens with one attached hydrogen (secondary N) is 1. The number of aromatic hydroxyl groups is 2. The van der Waals surface area contributed by atoms with Gasteiger partial charge in [-0.25, -0.2) is 0 Å². The van der Waals surface area contributed by atoms with Gasteiger partial charge in [0, 0.05) is 36.5 Å². The van der Waals surface area contributed by atoms with E-state index in [1.165, 1.54) is 35.8 Å². The molecule has 0 amide bonds. The Bertz CT molecular complexity index is 1720. The van der Waals surface area contributed by atoms with Crippen LogP contribution in [-0.4, -0.2) is 102 Å². The maximum atomic E-state index is 11.7. The number of aryl methyl sites for hydroxylation is 1. The number of hydrogen-bond donors (Lipinski definition) is 7. The zero-order chi connectivity index (χ0) is 41.2. The van der Waals surface area contributed by atoms with Gasteiger partial charge in [0.2, 0.25) is 5.75 Å². The number of methoxy groups -OCH3 is 2. The molecule has 7 N–H and O–H groups in total. The molecule has 320 valence electrons. The Labute approximate surface area is 351 Å². The van der Waals surface area contributed by atoms with Gasteiger partial charge in [0.25, 0.3) is 0 Å². The van der Waals surface area contributed by atoms with Crippen LogP contribution in [-0.2, 0) is 17.6 Å². The highest BCUT2D eigenvalue weighted by Crippen LogP contribution is 2.51. The quantitative estimate of drug-likeness (QED) is 0.0616. The molecule has 2 aromatic rings. The summed E-state index contributed by atoms with van der Waals surface area (Å²) in [5.74, 6) is 9.04. The summed E-state index contributed by atoms with van der Waals surface area (Å²) in [4.78, 5) is 0. The first-order chi connectivity index (χ1) is 28.1. The van der Waals surface area contributed by atoms with E-state index in [1.54, 1.807) is 18.2 Å². The summed E-state index contributed by atoms with van der Waals surface area (Å²) in [6, 6.07) is 7.05. The van der Waals surface area contributed by atoms with E-state index in [2.05, 4.69) is 36.2 Å². The van der Waals surface area contributed by atoms with Crippen LogP contribution < -0.4 is 19.5 Å². The fourth-order valence-corrected chi connectivity index (χ4v) is 12.5. The Morgan fingerprint density at radius 1 is 0.948 bits per heavy atom. The highest BCUT2D eigenvalue weighted by molar-refractivity contribution is 8.76. The molecule has 6 rings (SSSR count). The van der Waals surface area contributed by atoms with Gasteiger partial charge in [-0.2, -0.15) is 0 Å². The molecular formula is C45H63NO10S2. The second-order valence-corrected chi connectivity index (χ2v) is 19.2. The van der Waals surface area contributed by atoms with E-state index in [1.807, 2.05) is 6.07 Å². The molecule has 1 spiro atoms. The predicted molar refractivity (Wildman–Crippen MR) is 228 cm³/mol. The molecule has 2 aliphatic heterocycles. The van der Waals surface area contributed by atoms with Crippen molar-refractivity contribution in [3.8, 4) is 40.6 Å². The molecule has 2 aliphatic carbocycles. The first-order valence-electron chi connectivity index (χ1n) is 20.9. The van der Waals surface area contributed by atoms with Crippen molar-refractivity contribution in [1.82, 2.24) is 5.32 Å². The van der Waals surface area contributed by atoms with Crippen LogP contribution in [0.4, 0.5) is 0 Å². The molecule has 13 heteroatoms. The van der Waals surface area contributed by atoms with Crippen LogP contribution in [0.1, 0.15) is 86.7 Å². The Morgan fingerprint density at radius 3 is 2.47 bits per heavy atom. The summed E-state index contributed by atoms with van der Waals surface area (Å²) in [5, 5.41) is 69.0. The second kappa shape index (κ2) is 21.1. The van der Waals surface area contributed by atoms with E-state index < -0.39 is 31.0 Å². The third kappa shape index (κ3) is 10.9. The van der Waals surface area contributed by atoms with Gasteiger partial charge in [-0.1, -0.05) is 46.6 Å². The summed E-state index contributed by atoms with van der Waals surface area (Å²) in [6.45, 7) is 3.57. The minimum Gasteiger partial charge on any atom is -0.504 e. The normalized spacial score (nSPS) is 32.0. The average Bonchev–Trinajstić information content (AvgIpc) is 3.29. The molecule has 4 aliphatic rings. The molecule has 0 saturated heterocycles. The zero-order valence-corrected chi connectivity index (χ0v) is 35.7. The molecule has 2 aromatic carbocycles. The van der Waals surface area contributed by atoms with E-state index >= 15 is 0 Å². The summed E-state index contributed by atoms with van der Waals surface area (Å²) in [5.41, 5.74) is 2.32. The minimum atomic E-state index is -1.01. The molecule has 0 bridgehead atoms. The maximum Gasteiger partial charge on any atom is 0.200 e. The molecular weight excluding hydrogens is 779 g/mol. The molecule has 0 aromatic heterocycles. The third-order valence-corrected chi connectivity index (χ3v) is 15.5. The molecule has 2 heterocycles. The van der Waals surface area contributed by atoms with Gasteiger partial charge in [-0.05, 0) is 129 Å². The number of aliphatic hydroxyl groups is 4. The fourth-order valence-electron chi connectivity index (χ4n) is 9.65. The smallest absolute Gasteiger partial charge is 0.200 e. The van der Waals surface area contributed by atoms with Crippen molar-refractivity contribution in [2.75, 3.05) is 46.5 Å². The van der Waals surface area contributed by atoms with Crippen LogP contribution in [0.5, 0.6) is 28.7 Å². The monoisotopic (exact) mass is 841 g/mol. The zero-order valence-electron chi connectivity index (χ0n) is 34.1. The van der Waals surface area contributed by atoms with E-state index in [0.717, 1.165) is 62.7 Å². The van der Waals surface area contributed by atoms with Crippen molar-refractivity contribution >= 4 is 21.6 Å². The molecule has 1 fully saturated rings. The Morgan fingerprint density at radius 2 is 1.74 bits per heavy atom. The molecule has 1 saturated carbocycles.